The fourth-order valence-corrected chi connectivity index (χ4v) is 5.98. The third kappa shape index (κ3) is 7.70. The standard InChI is InChI=1S/C34H35F7N2O3/c1-18-11-25(35)9-10-26(18)27-15-28(21-7-5-20(6-8-21)19(2)31(45)46)42-16-29(27)43-17-30(44)32(3,4)22-12-23(33(36,37)38)14-24(13-22)34(39,40)41/h9-16,19-21,43H,5-8,17H2,1-4H3,(H,45,46). The number of aryl methyl sites for hydroxylation is 1. The monoisotopic (exact) mass is 652 g/mol. The highest BCUT2D eigenvalue weighted by Gasteiger charge is 2.40. The van der Waals surface area contributed by atoms with Gasteiger partial charge in [0.15, 0.2) is 5.78 Å². The normalized spacial score (nSPS) is 18.2. The van der Waals surface area contributed by atoms with Gasteiger partial charge in [-0.2, -0.15) is 26.3 Å². The molecule has 4 rings (SSSR count). The summed E-state index contributed by atoms with van der Waals surface area (Å²) in [6.07, 6.45) is -5.76. The number of carbonyl (C=O) groups excluding carboxylic acids is 1. The van der Waals surface area contributed by atoms with Crippen LogP contribution in [0, 0.1) is 24.6 Å². The molecule has 0 aliphatic heterocycles. The Bertz CT molecular complexity index is 1570. The molecule has 3 aromatic rings. The number of carbonyl (C=O) groups is 2. The number of pyridine rings is 1. The van der Waals surface area contributed by atoms with Gasteiger partial charge in [0, 0.05) is 17.2 Å². The SMILES string of the molecule is Cc1cc(F)ccc1-c1cc(C2CCC(C(C)C(=O)O)CC2)ncc1NCC(=O)C(C)(C)c1cc(C(F)(F)F)cc(C(F)(F)F)c1. The van der Waals surface area contributed by atoms with Crippen molar-refractivity contribution in [2.75, 3.05) is 11.9 Å². The topological polar surface area (TPSA) is 79.3 Å². The molecule has 0 saturated heterocycles. The Hall–Kier alpha value is -3.96. The molecule has 1 aliphatic carbocycles. The van der Waals surface area contributed by atoms with Crippen LogP contribution < -0.4 is 5.32 Å². The predicted molar refractivity (Wildman–Crippen MR) is 159 cm³/mol. The van der Waals surface area contributed by atoms with Gasteiger partial charge in [-0.25, -0.2) is 4.39 Å². The number of rotatable bonds is 9. The molecule has 46 heavy (non-hydrogen) atoms. The van der Waals surface area contributed by atoms with Crippen LogP contribution in [0.3, 0.4) is 0 Å². The van der Waals surface area contributed by atoms with Gasteiger partial charge in [-0.3, -0.25) is 14.6 Å². The van der Waals surface area contributed by atoms with Crippen LogP contribution in [0.5, 0.6) is 0 Å². The summed E-state index contributed by atoms with van der Waals surface area (Å²) in [6.45, 7) is 5.49. The third-order valence-electron chi connectivity index (χ3n) is 9.14. The lowest BCUT2D eigenvalue weighted by Gasteiger charge is -2.31. The van der Waals surface area contributed by atoms with Crippen LogP contribution in [-0.2, 0) is 27.4 Å². The second-order valence-electron chi connectivity index (χ2n) is 12.5. The molecule has 1 aliphatic rings. The zero-order valence-corrected chi connectivity index (χ0v) is 25.7. The number of nitrogens with one attached hydrogen (secondary N) is 1. The highest BCUT2D eigenvalue weighted by Crippen LogP contribution is 2.42. The van der Waals surface area contributed by atoms with Crippen molar-refractivity contribution in [3.05, 3.63) is 82.4 Å². The number of aliphatic carboxylic acids is 1. The lowest BCUT2D eigenvalue weighted by molar-refractivity contribution is -0.144. The number of ketones is 1. The molecule has 0 bridgehead atoms. The Morgan fingerprint density at radius 1 is 0.891 bits per heavy atom. The summed E-state index contributed by atoms with van der Waals surface area (Å²) < 4.78 is 94.9. The fourth-order valence-electron chi connectivity index (χ4n) is 5.98. The number of hydrogen-bond donors (Lipinski definition) is 2. The van der Waals surface area contributed by atoms with E-state index in [0.29, 0.717) is 60.2 Å². The fraction of sp³-hybridized carbons (Fsp3) is 0.441. The van der Waals surface area contributed by atoms with Crippen LogP contribution >= 0.6 is 0 Å². The molecule has 0 amide bonds. The van der Waals surface area contributed by atoms with Gasteiger partial charge in [-0.1, -0.05) is 13.0 Å². The average Bonchev–Trinajstić information content (AvgIpc) is 2.98. The summed E-state index contributed by atoms with van der Waals surface area (Å²) in [6, 6.07) is 7.17. The number of carboxylic acid groups (broad SMARTS) is 1. The van der Waals surface area contributed by atoms with Gasteiger partial charge < -0.3 is 10.4 Å². The number of aromatic nitrogens is 1. The number of benzene rings is 2. The van der Waals surface area contributed by atoms with Crippen molar-refractivity contribution in [3.8, 4) is 11.1 Å². The Kier molecular flexibility index (Phi) is 9.89. The first kappa shape index (κ1) is 34.9. The van der Waals surface area contributed by atoms with Gasteiger partial charge in [-0.05, 0) is 105 Å². The van der Waals surface area contributed by atoms with E-state index < -0.39 is 64.5 Å². The maximum Gasteiger partial charge on any atom is 0.416 e. The highest BCUT2D eigenvalue weighted by molar-refractivity contribution is 5.93. The van der Waals surface area contributed by atoms with E-state index in [1.807, 2.05) is 6.07 Å². The molecule has 1 fully saturated rings. The zero-order chi connectivity index (χ0) is 34.2. The van der Waals surface area contributed by atoms with Crippen molar-refractivity contribution in [3.63, 3.8) is 0 Å². The Balaban J connectivity index is 1.63. The average molecular weight is 653 g/mol. The number of halogens is 7. The van der Waals surface area contributed by atoms with Gasteiger partial charge >= 0.3 is 18.3 Å². The van der Waals surface area contributed by atoms with E-state index in [9.17, 15) is 45.4 Å². The molecule has 2 N–H and O–H groups in total. The van der Waals surface area contributed by atoms with E-state index in [-0.39, 0.29) is 17.9 Å². The number of carboxylic acids is 1. The van der Waals surface area contributed by atoms with Crippen molar-refractivity contribution < 1.29 is 45.4 Å². The predicted octanol–water partition coefficient (Wildman–Crippen LogP) is 9.19. The lowest BCUT2D eigenvalue weighted by Crippen LogP contribution is -2.35. The quantitative estimate of drug-likeness (QED) is 0.226. The summed E-state index contributed by atoms with van der Waals surface area (Å²) >= 11 is 0. The van der Waals surface area contributed by atoms with E-state index in [1.54, 1.807) is 19.9 Å². The van der Waals surface area contributed by atoms with Crippen LogP contribution in [0.4, 0.5) is 36.4 Å². The zero-order valence-electron chi connectivity index (χ0n) is 25.7. The van der Waals surface area contributed by atoms with Gasteiger partial charge in [0.1, 0.15) is 5.82 Å². The van der Waals surface area contributed by atoms with E-state index in [1.165, 1.54) is 32.2 Å². The van der Waals surface area contributed by atoms with E-state index in [4.69, 9.17) is 0 Å². The largest absolute Gasteiger partial charge is 0.481 e. The van der Waals surface area contributed by atoms with Crippen LogP contribution in [0.15, 0.2) is 48.7 Å². The summed E-state index contributed by atoms with van der Waals surface area (Å²) in [5, 5.41) is 12.4. The minimum atomic E-state index is -5.06. The molecule has 0 radical (unpaired) electrons. The summed E-state index contributed by atoms with van der Waals surface area (Å²) in [5.74, 6) is -2.33. The molecule has 1 aromatic heterocycles. The molecular weight excluding hydrogens is 617 g/mol. The number of Topliss-reactive ketones (excluding diaryl/α,β-unsaturated/α-hetero) is 1. The van der Waals surface area contributed by atoms with E-state index >= 15 is 0 Å². The van der Waals surface area contributed by atoms with Crippen LogP contribution in [0.1, 0.15) is 80.3 Å². The lowest BCUT2D eigenvalue weighted by atomic mass is 9.75. The van der Waals surface area contributed by atoms with Gasteiger partial charge in [-0.15, -0.1) is 0 Å². The number of anilines is 1. The smallest absolute Gasteiger partial charge is 0.416 e. The molecule has 1 atom stereocenters. The summed E-state index contributed by atoms with van der Waals surface area (Å²) in [5.41, 5.74) is -2.26. The third-order valence-corrected chi connectivity index (χ3v) is 9.14. The van der Waals surface area contributed by atoms with Crippen molar-refractivity contribution in [2.24, 2.45) is 11.8 Å². The first-order chi connectivity index (χ1) is 21.3. The minimum Gasteiger partial charge on any atom is -0.481 e. The summed E-state index contributed by atoms with van der Waals surface area (Å²) in [4.78, 5) is 29.5. The maximum atomic E-state index is 14.0. The summed E-state index contributed by atoms with van der Waals surface area (Å²) in [7, 11) is 0. The molecule has 1 heterocycles. The molecule has 1 saturated carbocycles. The number of nitrogens with zero attached hydrogens (tertiary/aromatic N) is 1. The van der Waals surface area contributed by atoms with Crippen LogP contribution in [0.2, 0.25) is 0 Å². The van der Waals surface area contributed by atoms with E-state index in [2.05, 4.69) is 10.3 Å². The molecule has 248 valence electrons. The van der Waals surface area contributed by atoms with Crippen molar-refractivity contribution in [1.29, 1.82) is 0 Å². The molecule has 12 heteroatoms. The van der Waals surface area contributed by atoms with Gasteiger partial charge in [0.05, 0.1) is 40.9 Å². The van der Waals surface area contributed by atoms with Gasteiger partial charge in [0.25, 0.3) is 0 Å². The second kappa shape index (κ2) is 13.0. The first-order valence-corrected chi connectivity index (χ1v) is 14.9. The van der Waals surface area contributed by atoms with Gasteiger partial charge in [0.2, 0.25) is 0 Å². The maximum absolute atomic E-state index is 14.0. The van der Waals surface area contributed by atoms with Crippen molar-refractivity contribution in [2.45, 2.75) is 77.1 Å². The van der Waals surface area contributed by atoms with Crippen molar-refractivity contribution >= 4 is 17.4 Å². The Morgan fingerprint density at radius 2 is 1.46 bits per heavy atom. The van der Waals surface area contributed by atoms with Crippen molar-refractivity contribution in [1.82, 2.24) is 4.98 Å². The van der Waals surface area contributed by atoms with Crippen LogP contribution in [-0.4, -0.2) is 28.4 Å². The first-order valence-electron chi connectivity index (χ1n) is 14.9. The second-order valence-corrected chi connectivity index (χ2v) is 12.5. The number of hydrogen-bond acceptors (Lipinski definition) is 4. The molecule has 2 aromatic carbocycles. The molecule has 1 unspecified atom stereocenters. The van der Waals surface area contributed by atoms with Crippen LogP contribution in [0.25, 0.3) is 11.1 Å². The minimum absolute atomic E-state index is 0.0199. The number of alkyl halides is 6. The molecule has 5 nitrogen and oxygen atoms in total. The Morgan fingerprint density at radius 3 is 1.98 bits per heavy atom. The van der Waals surface area contributed by atoms with E-state index in [0.717, 1.165) is 5.69 Å². The molecule has 0 spiro atoms. The Labute approximate surface area is 262 Å². The highest BCUT2D eigenvalue weighted by atomic mass is 19.4. The molecular formula is C34H35F7N2O3.